The Morgan fingerprint density at radius 2 is 2.00 bits per heavy atom. The lowest BCUT2D eigenvalue weighted by Crippen LogP contribution is -2.48. The second kappa shape index (κ2) is 7.32. The maximum atomic E-state index is 13.0. The topological polar surface area (TPSA) is 45.7 Å². The summed E-state index contributed by atoms with van der Waals surface area (Å²) in [7, 11) is 2.17. The third-order valence-corrected chi connectivity index (χ3v) is 5.20. The van der Waals surface area contributed by atoms with Gasteiger partial charge in [0, 0.05) is 23.8 Å². The molecule has 0 unspecified atom stereocenters. The average molecular weight is 345 g/mol. The molecular formula is C20H31N3O2. The Labute approximate surface area is 151 Å². The molecule has 138 valence electrons. The van der Waals surface area contributed by atoms with E-state index in [4.69, 9.17) is 4.74 Å². The number of ether oxygens (including phenoxy) is 1. The Kier molecular flexibility index (Phi) is 5.32. The van der Waals surface area contributed by atoms with Crippen molar-refractivity contribution in [1.29, 1.82) is 0 Å². The lowest BCUT2D eigenvalue weighted by molar-refractivity contribution is 0.0546. The number of likely N-dealkylation sites (tertiary alicyclic amines) is 1. The van der Waals surface area contributed by atoms with Crippen LogP contribution in [0.15, 0.2) is 18.3 Å². The van der Waals surface area contributed by atoms with Gasteiger partial charge in [0.25, 0.3) is 0 Å². The SMILES string of the molecule is CN1CCCC[C@H]1c1cccnc1N(C(=O)OC(C)(C)C)C1CCC1. The van der Waals surface area contributed by atoms with Gasteiger partial charge in [0.2, 0.25) is 0 Å². The van der Waals surface area contributed by atoms with Gasteiger partial charge in [0.1, 0.15) is 11.4 Å². The van der Waals surface area contributed by atoms with Crippen LogP contribution in [0.4, 0.5) is 10.6 Å². The number of carbonyl (C=O) groups is 1. The molecule has 2 heterocycles. The Morgan fingerprint density at radius 3 is 2.60 bits per heavy atom. The Balaban J connectivity index is 1.94. The summed E-state index contributed by atoms with van der Waals surface area (Å²) in [4.78, 5) is 21.8. The number of amides is 1. The van der Waals surface area contributed by atoms with Crippen molar-refractivity contribution in [3.8, 4) is 0 Å². The maximum Gasteiger partial charge on any atom is 0.416 e. The van der Waals surface area contributed by atoms with E-state index in [2.05, 4.69) is 23.0 Å². The smallest absolute Gasteiger partial charge is 0.416 e. The van der Waals surface area contributed by atoms with Gasteiger partial charge in [-0.15, -0.1) is 0 Å². The number of piperidine rings is 1. The molecule has 0 aromatic carbocycles. The van der Waals surface area contributed by atoms with Gasteiger partial charge < -0.3 is 4.74 Å². The van der Waals surface area contributed by atoms with Crippen LogP contribution in [0.5, 0.6) is 0 Å². The first-order valence-corrected chi connectivity index (χ1v) is 9.54. The van der Waals surface area contributed by atoms with E-state index in [0.717, 1.165) is 43.6 Å². The summed E-state index contributed by atoms with van der Waals surface area (Å²) >= 11 is 0. The molecule has 1 saturated carbocycles. The largest absolute Gasteiger partial charge is 0.443 e. The molecule has 5 nitrogen and oxygen atoms in total. The highest BCUT2D eigenvalue weighted by Gasteiger charge is 2.37. The molecule has 25 heavy (non-hydrogen) atoms. The molecule has 1 aliphatic carbocycles. The van der Waals surface area contributed by atoms with E-state index in [1.54, 1.807) is 6.20 Å². The first-order chi connectivity index (χ1) is 11.9. The van der Waals surface area contributed by atoms with Crippen molar-refractivity contribution in [2.75, 3.05) is 18.5 Å². The van der Waals surface area contributed by atoms with Gasteiger partial charge in [-0.25, -0.2) is 9.78 Å². The van der Waals surface area contributed by atoms with Crippen LogP contribution in [0.1, 0.15) is 70.9 Å². The first-order valence-electron chi connectivity index (χ1n) is 9.54. The van der Waals surface area contributed by atoms with Crippen LogP contribution >= 0.6 is 0 Å². The third kappa shape index (κ3) is 4.14. The van der Waals surface area contributed by atoms with Crippen LogP contribution in [0.25, 0.3) is 0 Å². The lowest BCUT2D eigenvalue weighted by Gasteiger charge is -2.40. The van der Waals surface area contributed by atoms with E-state index in [0.29, 0.717) is 6.04 Å². The van der Waals surface area contributed by atoms with E-state index >= 15 is 0 Å². The number of nitrogens with zero attached hydrogens (tertiary/aromatic N) is 3. The Bertz CT molecular complexity index is 607. The highest BCUT2D eigenvalue weighted by atomic mass is 16.6. The number of hydrogen-bond acceptors (Lipinski definition) is 4. The Morgan fingerprint density at radius 1 is 1.24 bits per heavy atom. The summed E-state index contributed by atoms with van der Waals surface area (Å²) in [6.45, 7) is 6.84. The van der Waals surface area contributed by atoms with Crippen LogP contribution in [-0.2, 0) is 4.74 Å². The number of anilines is 1. The van der Waals surface area contributed by atoms with Crippen molar-refractivity contribution >= 4 is 11.9 Å². The molecular weight excluding hydrogens is 314 g/mol. The van der Waals surface area contributed by atoms with Gasteiger partial charge in [-0.3, -0.25) is 9.80 Å². The maximum absolute atomic E-state index is 13.0. The fraction of sp³-hybridized carbons (Fsp3) is 0.700. The molecule has 1 amide bonds. The molecule has 1 aliphatic heterocycles. The standard InChI is InChI=1S/C20H31N3O2/c1-20(2,3)25-19(24)23(15-9-7-10-15)18-16(11-8-13-21-18)17-12-5-6-14-22(17)4/h8,11,13,15,17H,5-7,9-10,12,14H2,1-4H3/t17-/m0/s1. The van der Waals surface area contributed by atoms with Crippen molar-refractivity contribution in [2.24, 2.45) is 0 Å². The molecule has 1 aromatic rings. The fourth-order valence-electron chi connectivity index (χ4n) is 3.70. The van der Waals surface area contributed by atoms with Crippen molar-refractivity contribution in [3.63, 3.8) is 0 Å². The Hall–Kier alpha value is -1.62. The van der Waals surface area contributed by atoms with Crippen LogP contribution in [0.3, 0.4) is 0 Å². The van der Waals surface area contributed by atoms with Crippen molar-refractivity contribution in [1.82, 2.24) is 9.88 Å². The summed E-state index contributed by atoms with van der Waals surface area (Å²) in [5.74, 6) is 0.792. The molecule has 2 fully saturated rings. The van der Waals surface area contributed by atoms with Crippen LogP contribution in [-0.4, -0.2) is 41.2 Å². The molecule has 3 rings (SSSR count). The molecule has 0 radical (unpaired) electrons. The number of pyridine rings is 1. The van der Waals surface area contributed by atoms with E-state index in [9.17, 15) is 4.79 Å². The van der Waals surface area contributed by atoms with Crippen molar-refractivity contribution < 1.29 is 9.53 Å². The number of hydrogen-bond donors (Lipinski definition) is 0. The average Bonchev–Trinajstić information content (AvgIpc) is 2.49. The quantitative estimate of drug-likeness (QED) is 0.807. The second-order valence-corrected chi connectivity index (χ2v) is 8.34. The summed E-state index contributed by atoms with van der Waals surface area (Å²) < 4.78 is 5.71. The van der Waals surface area contributed by atoms with Gasteiger partial charge in [-0.1, -0.05) is 12.5 Å². The predicted molar refractivity (Wildman–Crippen MR) is 99.8 cm³/mol. The molecule has 1 aromatic heterocycles. The van der Waals surface area contributed by atoms with E-state index < -0.39 is 5.60 Å². The minimum atomic E-state index is -0.504. The van der Waals surface area contributed by atoms with E-state index in [1.165, 1.54) is 12.8 Å². The van der Waals surface area contributed by atoms with Gasteiger partial charge >= 0.3 is 6.09 Å². The summed E-state index contributed by atoms with van der Waals surface area (Å²) in [6.07, 6.45) is 8.30. The molecule has 0 bridgehead atoms. The summed E-state index contributed by atoms with van der Waals surface area (Å²) in [6, 6.07) is 4.64. The van der Waals surface area contributed by atoms with E-state index in [1.807, 2.05) is 31.7 Å². The van der Waals surface area contributed by atoms with Gasteiger partial charge in [-0.05, 0) is 72.5 Å². The lowest BCUT2D eigenvalue weighted by atomic mass is 9.90. The second-order valence-electron chi connectivity index (χ2n) is 8.34. The minimum Gasteiger partial charge on any atom is -0.443 e. The first kappa shape index (κ1) is 18.2. The zero-order valence-corrected chi connectivity index (χ0v) is 16.0. The zero-order valence-electron chi connectivity index (χ0n) is 16.0. The minimum absolute atomic E-state index is 0.206. The molecule has 5 heteroatoms. The summed E-state index contributed by atoms with van der Waals surface area (Å²) in [5, 5.41) is 0. The van der Waals surface area contributed by atoms with Crippen LogP contribution < -0.4 is 4.90 Å². The monoisotopic (exact) mass is 345 g/mol. The van der Waals surface area contributed by atoms with Gasteiger partial charge in [0.05, 0.1) is 0 Å². The number of rotatable bonds is 3. The van der Waals surface area contributed by atoms with Gasteiger partial charge in [0.15, 0.2) is 0 Å². The third-order valence-electron chi connectivity index (χ3n) is 5.20. The van der Waals surface area contributed by atoms with Gasteiger partial charge in [-0.2, -0.15) is 0 Å². The molecule has 0 spiro atoms. The zero-order chi connectivity index (χ0) is 18.0. The predicted octanol–water partition coefficient (Wildman–Crippen LogP) is 4.53. The molecule has 0 N–H and O–H groups in total. The molecule has 1 saturated heterocycles. The number of aromatic nitrogens is 1. The van der Waals surface area contributed by atoms with Crippen molar-refractivity contribution in [2.45, 2.75) is 77.0 Å². The van der Waals surface area contributed by atoms with Crippen LogP contribution in [0.2, 0.25) is 0 Å². The van der Waals surface area contributed by atoms with E-state index in [-0.39, 0.29) is 12.1 Å². The number of carbonyl (C=O) groups excluding carboxylic acids is 1. The highest BCUT2D eigenvalue weighted by Crippen LogP contribution is 2.38. The normalized spacial score (nSPS) is 22.3. The molecule has 1 atom stereocenters. The molecule has 2 aliphatic rings. The highest BCUT2D eigenvalue weighted by molar-refractivity contribution is 5.88. The van der Waals surface area contributed by atoms with Crippen molar-refractivity contribution in [3.05, 3.63) is 23.9 Å². The summed E-state index contributed by atoms with van der Waals surface area (Å²) in [5.41, 5.74) is 0.651. The fourth-order valence-corrected chi connectivity index (χ4v) is 3.70. The van der Waals surface area contributed by atoms with Crippen LogP contribution in [0, 0.1) is 0 Å².